The fourth-order valence-electron chi connectivity index (χ4n) is 1.09. The Morgan fingerprint density at radius 3 is 2.53 bits per heavy atom. The first-order valence-corrected chi connectivity index (χ1v) is 6.27. The summed E-state index contributed by atoms with van der Waals surface area (Å²) in [4.78, 5) is 21.9. The molecule has 0 unspecified atom stereocenters. The molecule has 0 radical (unpaired) electrons. The number of carbonyl (C=O) groups excluding carboxylic acids is 1. The minimum absolute atomic E-state index is 0.123. The summed E-state index contributed by atoms with van der Waals surface area (Å²) in [5.74, 6) is -1.08. The molecule has 0 fully saturated rings. The van der Waals surface area contributed by atoms with Crippen molar-refractivity contribution in [2.45, 2.75) is 18.0 Å². The van der Waals surface area contributed by atoms with E-state index in [1.807, 2.05) is 30.3 Å². The summed E-state index contributed by atoms with van der Waals surface area (Å²) in [7, 11) is 0. The van der Waals surface area contributed by atoms with Crippen LogP contribution in [0.25, 0.3) is 0 Å². The van der Waals surface area contributed by atoms with Gasteiger partial charge in [0, 0.05) is 0 Å². The van der Waals surface area contributed by atoms with E-state index in [2.05, 4.69) is 21.3 Å². The van der Waals surface area contributed by atoms with Crippen molar-refractivity contribution in [1.82, 2.24) is 5.32 Å². The fraction of sp³-hybridized carbons (Fsp3) is 0.273. The Kier molecular flexibility index (Phi) is 5.52. The van der Waals surface area contributed by atoms with Crippen molar-refractivity contribution in [3.05, 3.63) is 35.9 Å². The van der Waals surface area contributed by atoms with Gasteiger partial charge in [0.1, 0.15) is 0 Å². The zero-order valence-electron chi connectivity index (χ0n) is 9.00. The van der Waals surface area contributed by atoms with Crippen LogP contribution in [0.5, 0.6) is 0 Å². The second-order valence-corrected chi connectivity index (χ2v) is 4.05. The van der Waals surface area contributed by atoms with Crippen molar-refractivity contribution < 1.29 is 19.4 Å². The van der Waals surface area contributed by atoms with Crippen molar-refractivity contribution >= 4 is 28.1 Å². The molecular formula is C11H13NO4Se. The SMILES string of the molecule is O=C(N[C@@H](C[SeH])C(=O)O)OCc1ccccc1. The predicted octanol–water partition coefficient (Wildman–Crippen LogP) is 0.685. The Hall–Kier alpha value is -1.52. The summed E-state index contributed by atoms with van der Waals surface area (Å²) in [5.41, 5.74) is 0.849. The normalized spacial score (nSPS) is 11.6. The van der Waals surface area contributed by atoms with Crippen LogP contribution in [0.15, 0.2) is 30.3 Å². The standard InChI is InChI=1S/C11H13NO4Se/c13-10(14)9(7-17)12-11(15)16-6-8-4-2-1-3-5-8/h1-5,9,17H,6-7H2,(H,12,15)(H,13,14)/t9-/m0/s1. The van der Waals surface area contributed by atoms with Crippen LogP contribution in [0, 0.1) is 0 Å². The van der Waals surface area contributed by atoms with Crippen molar-refractivity contribution in [2.24, 2.45) is 0 Å². The summed E-state index contributed by atoms with van der Waals surface area (Å²) in [6.45, 7) is 0.123. The number of carbonyl (C=O) groups is 2. The van der Waals surface area contributed by atoms with E-state index >= 15 is 0 Å². The average molecular weight is 302 g/mol. The van der Waals surface area contributed by atoms with Crippen molar-refractivity contribution in [3.8, 4) is 0 Å². The molecule has 92 valence electrons. The molecule has 0 bridgehead atoms. The van der Waals surface area contributed by atoms with Gasteiger partial charge in [-0.1, -0.05) is 0 Å². The Morgan fingerprint density at radius 2 is 2.00 bits per heavy atom. The van der Waals surface area contributed by atoms with Gasteiger partial charge in [-0.2, -0.15) is 0 Å². The molecule has 1 aromatic carbocycles. The van der Waals surface area contributed by atoms with Crippen molar-refractivity contribution in [3.63, 3.8) is 0 Å². The number of carboxylic acids is 1. The molecule has 0 saturated carbocycles. The topological polar surface area (TPSA) is 75.6 Å². The van der Waals surface area contributed by atoms with Gasteiger partial charge in [0.05, 0.1) is 0 Å². The second-order valence-electron chi connectivity index (χ2n) is 3.28. The molecule has 17 heavy (non-hydrogen) atoms. The van der Waals surface area contributed by atoms with Gasteiger partial charge in [0.2, 0.25) is 0 Å². The van der Waals surface area contributed by atoms with E-state index in [1.54, 1.807) is 0 Å². The predicted molar refractivity (Wildman–Crippen MR) is 63.1 cm³/mol. The summed E-state index contributed by atoms with van der Waals surface area (Å²) in [5, 5.41) is 11.2. The van der Waals surface area contributed by atoms with Crippen molar-refractivity contribution in [2.75, 3.05) is 0 Å². The van der Waals surface area contributed by atoms with Crippen LogP contribution in [0.1, 0.15) is 5.56 Å². The summed E-state index contributed by atoms with van der Waals surface area (Å²) in [6.07, 6.45) is -0.729. The third-order valence-corrected chi connectivity index (χ3v) is 2.75. The van der Waals surface area contributed by atoms with Crippen LogP contribution in [-0.4, -0.2) is 39.2 Å². The number of benzene rings is 1. The number of aliphatic carboxylic acids is 1. The molecule has 1 rings (SSSR count). The minimum atomic E-state index is -1.08. The van der Waals surface area contributed by atoms with Crippen LogP contribution in [0.3, 0.4) is 0 Å². The van der Waals surface area contributed by atoms with E-state index < -0.39 is 18.1 Å². The third-order valence-electron chi connectivity index (χ3n) is 1.99. The molecule has 0 aliphatic rings. The van der Waals surface area contributed by atoms with E-state index in [4.69, 9.17) is 9.84 Å². The van der Waals surface area contributed by atoms with E-state index in [0.717, 1.165) is 5.56 Å². The van der Waals surface area contributed by atoms with E-state index in [9.17, 15) is 9.59 Å². The van der Waals surface area contributed by atoms with Gasteiger partial charge in [0.25, 0.3) is 0 Å². The van der Waals surface area contributed by atoms with Gasteiger partial charge in [-0.05, 0) is 0 Å². The Balaban J connectivity index is 2.37. The van der Waals surface area contributed by atoms with Gasteiger partial charge >= 0.3 is 107 Å². The van der Waals surface area contributed by atoms with Crippen LogP contribution in [-0.2, 0) is 16.1 Å². The number of rotatable bonds is 5. The van der Waals surface area contributed by atoms with Gasteiger partial charge in [-0.15, -0.1) is 0 Å². The van der Waals surface area contributed by atoms with Gasteiger partial charge in [-0.25, -0.2) is 0 Å². The Morgan fingerprint density at radius 1 is 1.35 bits per heavy atom. The van der Waals surface area contributed by atoms with E-state index in [0.29, 0.717) is 0 Å². The van der Waals surface area contributed by atoms with Gasteiger partial charge < -0.3 is 0 Å². The quantitative estimate of drug-likeness (QED) is 0.785. The molecule has 0 spiro atoms. The molecule has 0 aromatic heterocycles. The molecule has 2 N–H and O–H groups in total. The van der Waals surface area contributed by atoms with Crippen LogP contribution in [0.4, 0.5) is 4.79 Å². The first-order chi connectivity index (χ1) is 8.13. The molecule has 6 heteroatoms. The molecule has 0 heterocycles. The number of hydrogen-bond donors (Lipinski definition) is 2. The summed E-state index contributed by atoms with van der Waals surface area (Å²) in [6, 6.07) is 8.23. The van der Waals surface area contributed by atoms with Crippen LogP contribution < -0.4 is 5.32 Å². The number of carboxylic acid groups (broad SMARTS) is 1. The number of hydrogen-bond acceptors (Lipinski definition) is 3. The van der Waals surface area contributed by atoms with Crippen molar-refractivity contribution in [1.29, 1.82) is 0 Å². The van der Waals surface area contributed by atoms with Gasteiger partial charge in [-0.3, -0.25) is 0 Å². The van der Waals surface area contributed by atoms with Crippen LogP contribution in [0.2, 0.25) is 5.32 Å². The zero-order valence-corrected chi connectivity index (χ0v) is 10.9. The third kappa shape index (κ3) is 4.89. The molecule has 5 nitrogen and oxygen atoms in total. The monoisotopic (exact) mass is 303 g/mol. The first kappa shape index (κ1) is 13.5. The number of nitrogens with one attached hydrogen (secondary N) is 1. The Bertz CT molecular complexity index is 382. The average Bonchev–Trinajstić information content (AvgIpc) is 2.34. The summed E-state index contributed by atoms with van der Waals surface area (Å²) >= 11 is 2.11. The number of ether oxygens (including phenoxy) is 1. The molecule has 1 amide bonds. The molecule has 1 aromatic rings. The number of amides is 1. The molecule has 1 atom stereocenters. The second kappa shape index (κ2) is 6.93. The first-order valence-electron chi connectivity index (χ1n) is 4.94. The molecule has 0 saturated heterocycles. The molecule has 0 aliphatic heterocycles. The van der Waals surface area contributed by atoms with E-state index in [-0.39, 0.29) is 11.9 Å². The van der Waals surface area contributed by atoms with Crippen LogP contribution >= 0.6 is 0 Å². The molecule has 0 aliphatic carbocycles. The van der Waals surface area contributed by atoms with Gasteiger partial charge in [0.15, 0.2) is 0 Å². The Labute approximate surface area is 107 Å². The fourth-order valence-corrected chi connectivity index (χ4v) is 1.61. The molecular weight excluding hydrogens is 289 g/mol. The van der Waals surface area contributed by atoms with E-state index in [1.165, 1.54) is 0 Å². The zero-order chi connectivity index (χ0) is 12.7. The maximum absolute atomic E-state index is 11.3. The summed E-state index contributed by atoms with van der Waals surface area (Å²) < 4.78 is 4.89. The number of alkyl carbamates (subject to hydrolysis) is 1. The maximum atomic E-state index is 11.3.